The molecule has 23 heavy (non-hydrogen) atoms. The van der Waals surface area contributed by atoms with Gasteiger partial charge in [0.2, 0.25) is 0 Å². The number of rotatable bonds is 6. The second-order valence-electron chi connectivity index (χ2n) is 6.29. The van der Waals surface area contributed by atoms with E-state index in [2.05, 4.69) is 48.3 Å². The molecule has 5 heteroatoms. The highest BCUT2D eigenvalue weighted by Crippen LogP contribution is 2.17. The van der Waals surface area contributed by atoms with Crippen LogP contribution in [-0.4, -0.2) is 22.4 Å². The fourth-order valence-corrected chi connectivity index (χ4v) is 2.03. The standard InChI is InChI=1S/C18H24N4O/c1-12(2)10-19-17-9-16(20-11-21-17)18(23)22-15-7-5-14(6-8-15)13(3)4/h5-9,11-13H,10H2,1-4H3,(H,22,23)(H,19,20,21). The maximum Gasteiger partial charge on any atom is 0.274 e. The first-order chi connectivity index (χ1) is 11.0. The fraction of sp³-hybridized carbons (Fsp3) is 0.389. The van der Waals surface area contributed by atoms with Crippen molar-refractivity contribution in [2.24, 2.45) is 5.92 Å². The third kappa shape index (κ3) is 5.06. The molecule has 1 aromatic heterocycles. The Balaban J connectivity index is 2.04. The van der Waals surface area contributed by atoms with Crippen LogP contribution in [0.3, 0.4) is 0 Å². The van der Waals surface area contributed by atoms with Crippen LogP contribution < -0.4 is 10.6 Å². The summed E-state index contributed by atoms with van der Waals surface area (Å²) in [5.41, 5.74) is 2.35. The number of carbonyl (C=O) groups is 1. The Bertz CT molecular complexity index is 650. The third-order valence-electron chi connectivity index (χ3n) is 3.43. The molecule has 0 saturated carbocycles. The van der Waals surface area contributed by atoms with Gasteiger partial charge >= 0.3 is 0 Å². The highest BCUT2D eigenvalue weighted by molar-refractivity contribution is 6.03. The van der Waals surface area contributed by atoms with Crippen molar-refractivity contribution in [3.05, 3.63) is 47.9 Å². The van der Waals surface area contributed by atoms with Gasteiger partial charge < -0.3 is 10.6 Å². The van der Waals surface area contributed by atoms with Crippen molar-refractivity contribution in [1.82, 2.24) is 9.97 Å². The minimum absolute atomic E-state index is 0.239. The van der Waals surface area contributed by atoms with Gasteiger partial charge in [-0.3, -0.25) is 4.79 Å². The molecular weight excluding hydrogens is 288 g/mol. The summed E-state index contributed by atoms with van der Waals surface area (Å²) >= 11 is 0. The van der Waals surface area contributed by atoms with Gasteiger partial charge in [0.25, 0.3) is 5.91 Å². The summed E-state index contributed by atoms with van der Waals surface area (Å²) in [5.74, 6) is 1.39. The smallest absolute Gasteiger partial charge is 0.274 e. The van der Waals surface area contributed by atoms with Gasteiger partial charge in [0.05, 0.1) is 0 Å². The van der Waals surface area contributed by atoms with E-state index in [4.69, 9.17) is 0 Å². The molecule has 0 saturated heterocycles. The summed E-state index contributed by atoms with van der Waals surface area (Å²) in [7, 11) is 0. The van der Waals surface area contributed by atoms with Crippen molar-refractivity contribution in [1.29, 1.82) is 0 Å². The van der Waals surface area contributed by atoms with Gasteiger partial charge in [-0.15, -0.1) is 0 Å². The average molecular weight is 312 g/mol. The lowest BCUT2D eigenvalue weighted by molar-refractivity contribution is 0.102. The third-order valence-corrected chi connectivity index (χ3v) is 3.43. The summed E-state index contributed by atoms with van der Waals surface area (Å²) in [4.78, 5) is 20.5. The molecule has 0 fully saturated rings. The van der Waals surface area contributed by atoms with Gasteiger partial charge in [-0.25, -0.2) is 9.97 Å². The average Bonchev–Trinajstić information content (AvgIpc) is 2.53. The molecular formula is C18H24N4O. The normalized spacial score (nSPS) is 10.9. The Hall–Kier alpha value is -2.43. The molecule has 0 unspecified atom stereocenters. The zero-order valence-electron chi connectivity index (χ0n) is 14.1. The molecule has 1 heterocycles. The lowest BCUT2D eigenvalue weighted by atomic mass is 10.0. The maximum atomic E-state index is 12.3. The van der Waals surface area contributed by atoms with E-state index < -0.39 is 0 Å². The van der Waals surface area contributed by atoms with Crippen molar-refractivity contribution in [2.75, 3.05) is 17.2 Å². The van der Waals surface area contributed by atoms with E-state index in [-0.39, 0.29) is 5.91 Å². The number of hydrogen-bond acceptors (Lipinski definition) is 4. The number of nitrogens with one attached hydrogen (secondary N) is 2. The minimum Gasteiger partial charge on any atom is -0.370 e. The van der Waals surface area contributed by atoms with E-state index in [9.17, 15) is 4.79 Å². The molecule has 2 rings (SSSR count). The highest BCUT2D eigenvalue weighted by Gasteiger charge is 2.10. The number of anilines is 2. The fourth-order valence-electron chi connectivity index (χ4n) is 2.03. The SMILES string of the molecule is CC(C)CNc1cc(C(=O)Nc2ccc(C(C)C)cc2)ncn1. The van der Waals surface area contributed by atoms with Crippen molar-refractivity contribution in [2.45, 2.75) is 33.6 Å². The first kappa shape index (κ1) is 16.9. The molecule has 122 valence electrons. The summed E-state index contributed by atoms with van der Waals surface area (Å²) < 4.78 is 0. The zero-order valence-corrected chi connectivity index (χ0v) is 14.1. The monoisotopic (exact) mass is 312 g/mol. The summed E-state index contributed by atoms with van der Waals surface area (Å²) in [6.45, 7) is 9.31. The van der Waals surface area contributed by atoms with Crippen LogP contribution in [0.4, 0.5) is 11.5 Å². The summed E-state index contributed by atoms with van der Waals surface area (Å²) in [5, 5.41) is 6.05. The molecule has 0 aliphatic heterocycles. The van der Waals surface area contributed by atoms with Crippen molar-refractivity contribution in [3.8, 4) is 0 Å². The molecule has 0 aliphatic carbocycles. The molecule has 2 aromatic rings. The Kier molecular flexibility index (Phi) is 5.68. The van der Waals surface area contributed by atoms with Crippen LogP contribution in [0.5, 0.6) is 0 Å². The molecule has 0 aliphatic rings. The molecule has 0 spiro atoms. The van der Waals surface area contributed by atoms with Crippen LogP contribution in [0.25, 0.3) is 0 Å². The van der Waals surface area contributed by atoms with Gasteiger partial charge in [0, 0.05) is 18.3 Å². The van der Waals surface area contributed by atoms with Gasteiger partial charge in [-0.05, 0) is 29.5 Å². The molecule has 1 amide bonds. The van der Waals surface area contributed by atoms with Gasteiger partial charge in [-0.2, -0.15) is 0 Å². The Morgan fingerprint density at radius 3 is 2.39 bits per heavy atom. The van der Waals surface area contributed by atoms with Crippen LogP contribution >= 0.6 is 0 Å². The molecule has 0 atom stereocenters. The number of amides is 1. The lowest BCUT2D eigenvalue weighted by Gasteiger charge is -2.10. The molecule has 2 N–H and O–H groups in total. The van der Waals surface area contributed by atoms with E-state index >= 15 is 0 Å². The van der Waals surface area contributed by atoms with Crippen molar-refractivity contribution in [3.63, 3.8) is 0 Å². The van der Waals surface area contributed by atoms with E-state index in [1.807, 2.05) is 24.3 Å². The zero-order chi connectivity index (χ0) is 16.8. The van der Waals surface area contributed by atoms with E-state index in [0.717, 1.165) is 12.2 Å². The highest BCUT2D eigenvalue weighted by atomic mass is 16.1. The number of aromatic nitrogens is 2. The number of nitrogens with zero attached hydrogens (tertiary/aromatic N) is 2. The number of hydrogen-bond donors (Lipinski definition) is 2. The maximum absolute atomic E-state index is 12.3. The summed E-state index contributed by atoms with van der Waals surface area (Å²) in [6.07, 6.45) is 1.40. The van der Waals surface area contributed by atoms with Crippen LogP contribution in [0.2, 0.25) is 0 Å². The topological polar surface area (TPSA) is 66.9 Å². The Morgan fingerprint density at radius 1 is 1.09 bits per heavy atom. The molecule has 0 radical (unpaired) electrons. The molecule has 1 aromatic carbocycles. The van der Waals surface area contributed by atoms with Crippen LogP contribution in [0.15, 0.2) is 36.7 Å². The van der Waals surface area contributed by atoms with Crippen LogP contribution in [0, 0.1) is 5.92 Å². The second-order valence-corrected chi connectivity index (χ2v) is 6.29. The van der Waals surface area contributed by atoms with E-state index in [1.54, 1.807) is 6.07 Å². The first-order valence-corrected chi connectivity index (χ1v) is 7.93. The van der Waals surface area contributed by atoms with E-state index in [1.165, 1.54) is 11.9 Å². The largest absolute Gasteiger partial charge is 0.370 e. The van der Waals surface area contributed by atoms with Crippen molar-refractivity contribution >= 4 is 17.4 Å². The number of benzene rings is 1. The van der Waals surface area contributed by atoms with Crippen LogP contribution in [0.1, 0.15) is 49.7 Å². The second kappa shape index (κ2) is 7.72. The number of carbonyl (C=O) groups excluding carboxylic acids is 1. The van der Waals surface area contributed by atoms with Gasteiger partial charge in [0.1, 0.15) is 17.8 Å². The minimum atomic E-state index is -0.239. The first-order valence-electron chi connectivity index (χ1n) is 7.93. The molecule has 5 nitrogen and oxygen atoms in total. The lowest BCUT2D eigenvalue weighted by Crippen LogP contribution is -2.15. The Labute approximate surface area is 137 Å². The Morgan fingerprint density at radius 2 is 1.78 bits per heavy atom. The van der Waals surface area contributed by atoms with E-state index in [0.29, 0.717) is 23.3 Å². The van der Waals surface area contributed by atoms with Crippen LogP contribution in [-0.2, 0) is 0 Å². The van der Waals surface area contributed by atoms with Gasteiger partial charge in [0.15, 0.2) is 0 Å². The summed E-state index contributed by atoms with van der Waals surface area (Å²) in [6, 6.07) is 9.53. The quantitative estimate of drug-likeness (QED) is 0.848. The predicted molar refractivity (Wildman–Crippen MR) is 93.8 cm³/mol. The molecule has 0 bridgehead atoms. The van der Waals surface area contributed by atoms with Gasteiger partial charge in [-0.1, -0.05) is 39.8 Å². The van der Waals surface area contributed by atoms with Crippen molar-refractivity contribution < 1.29 is 4.79 Å². The predicted octanol–water partition coefficient (Wildman–Crippen LogP) is 3.92.